The van der Waals surface area contributed by atoms with Gasteiger partial charge in [0.25, 0.3) is 5.91 Å². The predicted molar refractivity (Wildman–Crippen MR) is 141 cm³/mol. The lowest BCUT2D eigenvalue weighted by Gasteiger charge is -2.14. The maximum Gasteiger partial charge on any atom is 0.416 e. The first-order chi connectivity index (χ1) is 19.5. The molecule has 0 radical (unpaired) electrons. The van der Waals surface area contributed by atoms with Crippen molar-refractivity contribution in [2.45, 2.75) is 38.9 Å². The molecule has 2 N–H and O–H groups in total. The molecule has 1 amide bonds. The molecule has 3 aromatic carbocycles. The summed E-state index contributed by atoms with van der Waals surface area (Å²) in [6.45, 7) is 1.90. The van der Waals surface area contributed by atoms with Crippen LogP contribution in [-0.2, 0) is 30.4 Å². The van der Waals surface area contributed by atoms with Gasteiger partial charge in [0, 0.05) is 30.5 Å². The topological polar surface area (TPSA) is 102 Å². The van der Waals surface area contributed by atoms with Crippen LogP contribution in [0.4, 0.5) is 17.6 Å². The number of carbonyl (C=O) groups excluding carboxylic acids is 1. The number of alkyl halides is 3. The largest absolute Gasteiger partial charge is 0.493 e. The number of carboxylic acids is 1. The monoisotopic (exact) mass is 570 g/mol. The molecule has 0 atom stereocenters. The van der Waals surface area contributed by atoms with Gasteiger partial charge in [-0.15, -0.1) is 0 Å². The Morgan fingerprint density at radius 3 is 2.46 bits per heavy atom. The summed E-state index contributed by atoms with van der Waals surface area (Å²) in [5, 5.41) is 11.6. The number of benzene rings is 3. The number of nitrogens with zero attached hydrogens (tertiary/aromatic N) is 1. The van der Waals surface area contributed by atoms with Gasteiger partial charge in [-0.3, -0.25) is 9.59 Å². The summed E-state index contributed by atoms with van der Waals surface area (Å²) in [5.41, 5.74) is 0.916. The molecule has 0 aliphatic carbocycles. The second kappa shape index (κ2) is 12.7. The van der Waals surface area contributed by atoms with Gasteiger partial charge in [0.2, 0.25) is 5.89 Å². The van der Waals surface area contributed by atoms with Crippen LogP contribution in [0, 0.1) is 12.7 Å². The van der Waals surface area contributed by atoms with Gasteiger partial charge in [0.15, 0.2) is 0 Å². The number of halogens is 4. The van der Waals surface area contributed by atoms with Crippen LogP contribution in [0.25, 0.3) is 11.5 Å². The number of rotatable bonds is 11. The van der Waals surface area contributed by atoms with Crippen LogP contribution in [-0.4, -0.2) is 28.6 Å². The molecule has 11 heteroatoms. The molecule has 4 rings (SSSR count). The van der Waals surface area contributed by atoms with Gasteiger partial charge in [0.05, 0.1) is 17.9 Å². The molecule has 0 fully saturated rings. The Bertz CT molecular complexity index is 1530. The lowest BCUT2D eigenvalue weighted by molar-refractivity contribution is -0.138. The van der Waals surface area contributed by atoms with Crippen LogP contribution in [0.15, 0.2) is 71.1 Å². The van der Waals surface area contributed by atoms with Gasteiger partial charge in [-0.25, -0.2) is 9.37 Å². The maximum atomic E-state index is 13.8. The number of aliphatic carboxylic acids is 1. The van der Waals surface area contributed by atoms with E-state index in [4.69, 9.17) is 14.3 Å². The van der Waals surface area contributed by atoms with Gasteiger partial charge in [-0.05, 0) is 66.9 Å². The Kier molecular flexibility index (Phi) is 9.06. The highest BCUT2D eigenvalue weighted by Crippen LogP contribution is 2.30. The highest BCUT2D eigenvalue weighted by Gasteiger charge is 2.32. The van der Waals surface area contributed by atoms with E-state index in [2.05, 4.69) is 10.3 Å². The smallest absolute Gasteiger partial charge is 0.416 e. The summed E-state index contributed by atoms with van der Waals surface area (Å²) in [7, 11) is 0. The molecule has 214 valence electrons. The van der Waals surface area contributed by atoms with E-state index in [0.29, 0.717) is 53.1 Å². The minimum absolute atomic E-state index is 0.147. The van der Waals surface area contributed by atoms with E-state index in [1.807, 2.05) is 37.3 Å². The summed E-state index contributed by atoms with van der Waals surface area (Å²) >= 11 is 0. The second-order valence-electron chi connectivity index (χ2n) is 9.22. The van der Waals surface area contributed by atoms with Crippen molar-refractivity contribution >= 4 is 11.9 Å². The normalized spacial score (nSPS) is 11.3. The maximum absolute atomic E-state index is 13.8. The number of hydrogen-bond acceptors (Lipinski definition) is 5. The molecule has 0 saturated carbocycles. The highest BCUT2D eigenvalue weighted by molar-refractivity contribution is 5.94. The zero-order valence-corrected chi connectivity index (χ0v) is 21.9. The first kappa shape index (κ1) is 29.3. The molecule has 7 nitrogen and oxygen atoms in total. The summed E-state index contributed by atoms with van der Waals surface area (Å²) in [4.78, 5) is 28.2. The molecule has 0 aliphatic heterocycles. The third-order valence-electron chi connectivity index (χ3n) is 6.23. The van der Waals surface area contributed by atoms with Crippen molar-refractivity contribution in [2.24, 2.45) is 0 Å². The number of hydrogen-bond donors (Lipinski definition) is 2. The molecule has 0 bridgehead atoms. The molecular weight excluding hydrogens is 544 g/mol. The van der Waals surface area contributed by atoms with Crippen molar-refractivity contribution in [3.63, 3.8) is 0 Å². The Morgan fingerprint density at radius 1 is 1.00 bits per heavy atom. The van der Waals surface area contributed by atoms with Crippen molar-refractivity contribution < 1.29 is 41.4 Å². The zero-order valence-electron chi connectivity index (χ0n) is 21.9. The van der Waals surface area contributed by atoms with Crippen LogP contribution in [0.1, 0.15) is 44.9 Å². The minimum Gasteiger partial charge on any atom is -0.493 e. The Hall–Kier alpha value is -4.67. The Labute approximate surface area is 232 Å². The fourth-order valence-corrected chi connectivity index (χ4v) is 4.13. The van der Waals surface area contributed by atoms with Crippen molar-refractivity contribution in [1.29, 1.82) is 0 Å². The van der Waals surface area contributed by atoms with Crippen LogP contribution in [0.3, 0.4) is 0 Å². The predicted octanol–water partition coefficient (Wildman–Crippen LogP) is 6.38. The van der Waals surface area contributed by atoms with E-state index >= 15 is 0 Å². The molecule has 0 saturated heterocycles. The Balaban J connectivity index is 1.45. The van der Waals surface area contributed by atoms with E-state index in [1.54, 1.807) is 18.2 Å². The Morgan fingerprint density at radius 2 is 1.76 bits per heavy atom. The van der Waals surface area contributed by atoms with Gasteiger partial charge >= 0.3 is 12.1 Å². The average molecular weight is 571 g/mol. The lowest BCUT2D eigenvalue weighted by Crippen LogP contribution is -2.24. The molecule has 0 unspecified atom stereocenters. The number of ether oxygens (including phenoxy) is 1. The lowest BCUT2D eigenvalue weighted by atomic mass is 10.0. The number of carbonyl (C=O) groups is 2. The van der Waals surface area contributed by atoms with E-state index in [0.717, 1.165) is 11.3 Å². The summed E-state index contributed by atoms with van der Waals surface area (Å²) in [6.07, 6.45) is -4.40. The van der Waals surface area contributed by atoms with Crippen molar-refractivity contribution in [3.05, 3.63) is 106 Å². The summed E-state index contributed by atoms with van der Waals surface area (Å²) in [6, 6.07) is 16.0. The van der Waals surface area contributed by atoms with Gasteiger partial charge < -0.3 is 19.6 Å². The van der Waals surface area contributed by atoms with E-state index < -0.39 is 35.0 Å². The van der Waals surface area contributed by atoms with Crippen molar-refractivity contribution in [1.82, 2.24) is 10.3 Å². The SMILES string of the molecule is Cc1oc(-c2ccccc2)nc1CCOc1ccc(CCC(=O)O)c(CNC(=O)c2cc(F)cc(C(F)(F)F)c2)c1. The van der Waals surface area contributed by atoms with Gasteiger partial charge in [-0.2, -0.15) is 13.2 Å². The van der Waals surface area contributed by atoms with Crippen LogP contribution >= 0.6 is 0 Å². The number of aromatic nitrogens is 1. The molecule has 0 spiro atoms. The molecule has 4 aromatic rings. The fourth-order valence-electron chi connectivity index (χ4n) is 4.13. The number of oxazole rings is 1. The van der Waals surface area contributed by atoms with Crippen LogP contribution in [0.2, 0.25) is 0 Å². The third kappa shape index (κ3) is 7.93. The van der Waals surface area contributed by atoms with Crippen LogP contribution < -0.4 is 10.1 Å². The molecule has 41 heavy (non-hydrogen) atoms. The third-order valence-corrected chi connectivity index (χ3v) is 6.23. The first-order valence-corrected chi connectivity index (χ1v) is 12.6. The number of aryl methyl sites for hydroxylation is 2. The zero-order chi connectivity index (χ0) is 29.6. The van der Waals surface area contributed by atoms with Crippen LogP contribution in [0.5, 0.6) is 5.75 Å². The van der Waals surface area contributed by atoms with Crippen molar-refractivity contribution in [3.8, 4) is 17.2 Å². The molecular formula is C30H26F4N2O5. The van der Waals surface area contributed by atoms with E-state index in [1.165, 1.54) is 0 Å². The second-order valence-corrected chi connectivity index (χ2v) is 9.22. The standard InChI is InChI=1S/C30H26F4N2O5/c1-18-26(36-29(41-18)20-5-3-2-4-6-20)11-12-40-25-9-7-19(8-10-27(37)38)22(15-25)17-35-28(39)21-13-23(30(32,33)34)16-24(31)14-21/h2-7,9,13-16H,8,10-12,17H2,1H3,(H,35,39)(H,37,38). The molecule has 0 aliphatic rings. The number of amides is 1. The quantitative estimate of drug-likeness (QED) is 0.203. The average Bonchev–Trinajstić information content (AvgIpc) is 3.30. The summed E-state index contributed by atoms with van der Waals surface area (Å²) in [5.74, 6) is -1.53. The number of carboxylic acid groups (broad SMARTS) is 1. The van der Waals surface area contributed by atoms with Crippen molar-refractivity contribution in [2.75, 3.05) is 6.61 Å². The fraction of sp³-hybridized carbons (Fsp3) is 0.233. The molecule has 1 heterocycles. The molecule has 1 aromatic heterocycles. The van der Waals surface area contributed by atoms with Gasteiger partial charge in [0.1, 0.15) is 17.3 Å². The van der Waals surface area contributed by atoms with E-state index in [-0.39, 0.29) is 26.0 Å². The first-order valence-electron chi connectivity index (χ1n) is 12.6. The number of nitrogens with one attached hydrogen (secondary N) is 1. The minimum atomic E-state index is -4.82. The van der Waals surface area contributed by atoms with Gasteiger partial charge in [-0.1, -0.05) is 24.3 Å². The summed E-state index contributed by atoms with van der Waals surface area (Å²) < 4.78 is 64.6. The highest BCUT2D eigenvalue weighted by atomic mass is 19.4. The van der Waals surface area contributed by atoms with E-state index in [9.17, 15) is 27.2 Å².